The number of rotatable bonds is 5. The van der Waals surface area contributed by atoms with Crippen LogP contribution in [-0.4, -0.2) is 34.6 Å². The summed E-state index contributed by atoms with van der Waals surface area (Å²) in [5.74, 6) is -1.56. The van der Waals surface area contributed by atoms with Gasteiger partial charge in [0.15, 0.2) is 5.78 Å². The summed E-state index contributed by atoms with van der Waals surface area (Å²) in [5.41, 5.74) is 6.25. The van der Waals surface area contributed by atoms with Gasteiger partial charge < -0.3 is 15.9 Å². The zero-order valence-corrected chi connectivity index (χ0v) is 8.59. The fourth-order valence-electron chi connectivity index (χ4n) is 1.38. The summed E-state index contributed by atoms with van der Waals surface area (Å²) < 4.78 is 0. The average molecular weight is 223 g/mol. The molecule has 0 spiro atoms. The van der Waals surface area contributed by atoms with Crippen molar-refractivity contribution < 1.29 is 19.8 Å². The van der Waals surface area contributed by atoms with Gasteiger partial charge in [0.1, 0.15) is 12.6 Å². The summed E-state index contributed by atoms with van der Waals surface area (Å²) in [6, 6.07) is 5.47. The van der Waals surface area contributed by atoms with Gasteiger partial charge in [0, 0.05) is 5.56 Å². The fourth-order valence-corrected chi connectivity index (χ4v) is 1.38. The second-order valence-corrected chi connectivity index (χ2v) is 3.39. The highest BCUT2D eigenvalue weighted by molar-refractivity contribution is 5.98. The van der Waals surface area contributed by atoms with Crippen LogP contribution in [0.2, 0.25) is 0 Å². The Labute approximate surface area is 92.5 Å². The molecule has 0 aliphatic carbocycles. The van der Waals surface area contributed by atoms with Crippen LogP contribution in [0.3, 0.4) is 0 Å². The van der Waals surface area contributed by atoms with E-state index in [1.807, 2.05) is 0 Å². The molecule has 0 aliphatic heterocycles. The molecule has 0 fully saturated rings. The summed E-state index contributed by atoms with van der Waals surface area (Å²) in [7, 11) is 0. The third-order valence-electron chi connectivity index (χ3n) is 2.22. The number of hydrogen-bond donors (Lipinski definition) is 3. The molecule has 0 saturated carbocycles. The lowest BCUT2D eigenvalue weighted by Crippen LogP contribution is -2.32. The predicted octanol–water partition coefficient (Wildman–Crippen LogP) is -0.184. The van der Waals surface area contributed by atoms with Crippen LogP contribution in [-0.2, 0) is 11.2 Å². The number of ketones is 1. The van der Waals surface area contributed by atoms with E-state index < -0.39 is 24.4 Å². The Morgan fingerprint density at radius 3 is 2.50 bits per heavy atom. The molecule has 0 heterocycles. The molecule has 1 rings (SSSR count). The summed E-state index contributed by atoms with van der Waals surface area (Å²) in [6.07, 6.45) is 0.0667. The molecule has 0 amide bonds. The molecule has 1 atom stereocenters. The van der Waals surface area contributed by atoms with Crippen molar-refractivity contribution in [2.24, 2.45) is 5.73 Å². The van der Waals surface area contributed by atoms with E-state index in [0.29, 0.717) is 11.1 Å². The van der Waals surface area contributed by atoms with Gasteiger partial charge in [-0.15, -0.1) is 0 Å². The Morgan fingerprint density at radius 1 is 1.31 bits per heavy atom. The topological polar surface area (TPSA) is 101 Å². The first-order chi connectivity index (χ1) is 7.56. The standard InChI is InChI=1S/C11H13NO4/c12-9(11(15)16)5-7-3-1-2-4-8(7)10(14)6-13/h1-4,9,13H,5-6,12H2,(H,15,16). The molecule has 0 aromatic heterocycles. The number of Topliss-reactive ketones (excluding diaryl/α,β-unsaturated/α-hetero) is 1. The van der Waals surface area contributed by atoms with E-state index in [1.54, 1.807) is 24.3 Å². The molecule has 1 unspecified atom stereocenters. The number of nitrogens with two attached hydrogens (primary N) is 1. The predicted molar refractivity (Wildman–Crippen MR) is 57.2 cm³/mol. The Morgan fingerprint density at radius 2 is 1.94 bits per heavy atom. The van der Waals surface area contributed by atoms with E-state index in [-0.39, 0.29) is 6.42 Å². The minimum Gasteiger partial charge on any atom is -0.480 e. The van der Waals surface area contributed by atoms with Gasteiger partial charge in [-0.3, -0.25) is 9.59 Å². The molecule has 4 N–H and O–H groups in total. The van der Waals surface area contributed by atoms with Crippen molar-refractivity contribution in [2.75, 3.05) is 6.61 Å². The number of hydrogen-bond acceptors (Lipinski definition) is 4. The first kappa shape index (κ1) is 12.4. The van der Waals surface area contributed by atoms with Crippen LogP contribution in [0.5, 0.6) is 0 Å². The highest BCUT2D eigenvalue weighted by Gasteiger charge is 2.16. The van der Waals surface area contributed by atoms with E-state index >= 15 is 0 Å². The Balaban J connectivity index is 2.95. The van der Waals surface area contributed by atoms with Crippen LogP contribution in [0.1, 0.15) is 15.9 Å². The maximum atomic E-state index is 11.3. The van der Waals surface area contributed by atoms with Gasteiger partial charge in [-0.05, 0) is 12.0 Å². The van der Waals surface area contributed by atoms with Crippen molar-refractivity contribution in [3.8, 4) is 0 Å². The van der Waals surface area contributed by atoms with Crippen molar-refractivity contribution in [3.05, 3.63) is 35.4 Å². The van der Waals surface area contributed by atoms with Gasteiger partial charge in [0.2, 0.25) is 0 Å². The number of aliphatic carboxylic acids is 1. The first-order valence-electron chi connectivity index (χ1n) is 4.76. The van der Waals surface area contributed by atoms with Gasteiger partial charge in [-0.2, -0.15) is 0 Å². The lowest BCUT2D eigenvalue weighted by Gasteiger charge is -2.10. The normalized spacial score (nSPS) is 12.1. The van der Waals surface area contributed by atoms with Crippen molar-refractivity contribution in [3.63, 3.8) is 0 Å². The maximum Gasteiger partial charge on any atom is 0.320 e. The molecule has 16 heavy (non-hydrogen) atoms. The zero-order valence-electron chi connectivity index (χ0n) is 8.59. The van der Waals surface area contributed by atoms with Gasteiger partial charge in [-0.25, -0.2) is 0 Å². The van der Waals surface area contributed by atoms with Crippen molar-refractivity contribution in [1.82, 2.24) is 0 Å². The van der Waals surface area contributed by atoms with Crippen LogP contribution in [0.4, 0.5) is 0 Å². The number of aliphatic hydroxyl groups excluding tert-OH is 1. The lowest BCUT2D eigenvalue weighted by atomic mass is 9.98. The third-order valence-corrected chi connectivity index (χ3v) is 2.22. The highest BCUT2D eigenvalue weighted by atomic mass is 16.4. The Kier molecular flexibility index (Phi) is 4.16. The lowest BCUT2D eigenvalue weighted by molar-refractivity contribution is -0.138. The monoisotopic (exact) mass is 223 g/mol. The number of benzene rings is 1. The van der Waals surface area contributed by atoms with Crippen LogP contribution >= 0.6 is 0 Å². The van der Waals surface area contributed by atoms with Crippen LogP contribution in [0.25, 0.3) is 0 Å². The highest BCUT2D eigenvalue weighted by Crippen LogP contribution is 2.11. The molecule has 0 aliphatic rings. The summed E-state index contributed by atoms with van der Waals surface area (Å²) >= 11 is 0. The summed E-state index contributed by atoms with van der Waals surface area (Å²) in [4.78, 5) is 21.9. The summed E-state index contributed by atoms with van der Waals surface area (Å²) in [5, 5.41) is 17.4. The molecule has 1 aromatic rings. The fraction of sp³-hybridized carbons (Fsp3) is 0.273. The van der Waals surface area contributed by atoms with Gasteiger partial charge in [-0.1, -0.05) is 24.3 Å². The number of carboxylic acid groups (broad SMARTS) is 1. The van der Waals surface area contributed by atoms with E-state index in [0.717, 1.165) is 0 Å². The van der Waals surface area contributed by atoms with E-state index in [9.17, 15) is 9.59 Å². The minimum atomic E-state index is -1.12. The number of carboxylic acids is 1. The smallest absolute Gasteiger partial charge is 0.320 e. The van der Waals surface area contributed by atoms with Crippen LogP contribution < -0.4 is 5.73 Å². The maximum absolute atomic E-state index is 11.3. The molecule has 0 bridgehead atoms. The zero-order chi connectivity index (χ0) is 12.1. The van der Waals surface area contributed by atoms with Crippen molar-refractivity contribution >= 4 is 11.8 Å². The second-order valence-electron chi connectivity index (χ2n) is 3.39. The minimum absolute atomic E-state index is 0.0667. The van der Waals surface area contributed by atoms with Crippen molar-refractivity contribution in [1.29, 1.82) is 0 Å². The van der Waals surface area contributed by atoms with Gasteiger partial charge in [0.25, 0.3) is 0 Å². The number of carbonyl (C=O) groups is 2. The van der Waals surface area contributed by atoms with Crippen LogP contribution in [0.15, 0.2) is 24.3 Å². The van der Waals surface area contributed by atoms with E-state index in [4.69, 9.17) is 15.9 Å². The van der Waals surface area contributed by atoms with Crippen LogP contribution in [0, 0.1) is 0 Å². The largest absolute Gasteiger partial charge is 0.480 e. The first-order valence-corrected chi connectivity index (χ1v) is 4.76. The van der Waals surface area contributed by atoms with Gasteiger partial charge >= 0.3 is 5.97 Å². The summed E-state index contributed by atoms with van der Waals surface area (Å²) in [6.45, 7) is -0.598. The van der Waals surface area contributed by atoms with E-state index in [1.165, 1.54) is 0 Å². The molecule has 86 valence electrons. The third kappa shape index (κ3) is 2.88. The number of aliphatic hydroxyl groups is 1. The van der Waals surface area contributed by atoms with Gasteiger partial charge in [0.05, 0.1) is 0 Å². The van der Waals surface area contributed by atoms with Crippen molar-refractivity contribution in [2.45, 2.75) is 12.5 Å². The molecular weight excluding hydrogens is 210 g/mol. The number of carbonyl (C=O) groups excluding carboxylic acids is 1. The average Bonchev–Trinajstić information content (AvgIpc) is 2.28. The molecule has 1 aromatic carbocycles. The Hall–Kier alpha value is -1.72. The SMILES string of the molecule is NC(Cc1ccccc1C(=O)CO)C(=O)O. The molecule has 0 radical (unpaired) electrons. The molecular formula is C11H13NO4. The quantitative estimate of drug-likeness (QED) is 0.601. The molecule has 0 saturated heterocycles. The molecule has 5 heteroatoms. The molecule has 5 nitrogen and oxygen atoms in total. The Bertz CT molecular complexity index is 403. The second kappa shape index (κ2) is 5.39. The van der Waals surface area contributed by atoms with E-state index in [2.05, 4.69) is 0 Å².